The van der Waals surface area contributed by atoms with Gasteiger partial charge < -0.3 is 4.90 Å². The van der Waals surface area contributed by atoms with Gasteiger partial charge in [0.15, 0.2) is 0 Å². The standard InChI is InChI=1S/C13H14N6S/c1-10-14-11(9-20-10)8-18(2)13-15-16-17-19(13)12-6-4-3-5-7-12/h3-7,9H,8H2,1-2H3. The van der Waals surface area contributed by atoms with E-state index in [1.807, 2.05) is 49.2 Å². The van der Waals surface area contributed by atoms with Crippen molar-refractivity contribution in [3.8, 4) is 5.69 Å². The molecule has 0 aliphatic carbocycles. The molecule has 0 atom stereocenters. The number of aryl methyl sites for hydroxylation is 1. The highest BCUT2D eigenvalue weighted by Crippen LogP contribution is 2.17. The second-order valence-corrected chi connectivity index (χ2v) is 5.50. The van der Waals surface area contributed by atoms with Crippen LogP contribution in [0.2, 0.25) is 0 Å². The lowest BCUT2D eigenvalue weighted by Crippen LogP contribution is -2.21. The van der Waals surface area contributed by atoms with E-state index in [0.717, 1.165) is 16.4 Å². The smallest absolute Gasteiger partial charge is 0.250 e. The van der Waals surface area contributed by atoms with Gasteiger partial charge in [-0.1, -0.05) is 23.3 Å². The fourth-order valence-corrected chi connectivity index (χ4v) is 2.56. The quantitative estimate of drug-likeness (QED) is 0.734. The van der Waals surface area contributed by atoms with Gasteiger partial charge in [0.25, 0.3) is 0 Å². The van der Waals surface area contributed by atoms with E-state index in [9.17, 15) is 0 Å². The molecule has 2 aromatic heterocycles. The van der Waals surface area contributed by atoms with Crippen LogP contribution in [0.4, 0.5) is 5.95 Å². The molecule has 102 valence electrons. The Bertz CT molecular complexity index is 690. The Morgan fingerprint density at radius 2 is 2.05 bits per heavy atom. The van der Waals surface area contributed by atoms with Crippen LogP contribution < -0.4 is 4.90 Å². The highest BCUT2D eigenvalue weighted by Gasteiger charge is 2.13. The SMILES string of the molecule is Cc1nc(CN(C)c2nnnn2-c2ccccc2)cs1. The summed E-state index contributed by atoms with van der Waals surface area (Å²) in [6.07, 6.45) is 0. The van der Waals surface area contributed by atoms with Crippen molar-refractivity contribution in [3.63, 3.8) is 0 Å². The number of thiazole rings is 1. The van der Waals surface area contributed by atoms with Gasteiger partial charge >= 0.3 is 0 Å². The number of hydrogen-bond acceptors (Lipinski definition) is 6. The Balaban J connectivity index is 1.86. The summed E-state index contributed by atoms with van der Waals surface area (Å²) in [5.41, 5.74) is 1.96. The van der Waals surface area contributed by atoms with E-state index in [-0.39, 0.29) is 0 Å². The van der Waals surface area contributed by atoms with Gasteiger partial charge in [-0.2, -0.15) is 4.68 Å². The lowest BCUT2D eigenvalue weighted by Gasteiger charge is -2.16. The summed E-state index contributed by atoms with van der Waals surface area (Å²) in [5.74, 6) is 0.696. The predicted molar refractivity (Wildman–Crippen MR) is 78.1 cm³/mol. The fraction of sp³-hybridized carbons (Fsp3) is 0.231. The maximum atomic E-state index is 4.46. The average molecular weight is 286 g/mol. The van der Waals surface area contributed by atoms with E-state index < -0.39 is 0 Å². The van der Waals surface area contributed by atoms with Gasteiger partial charge in [0.1, 0.15) is 0 Å². The molecule has 0 radical (unpaired) electrons. The van der Waals surface area contributed by atoms with E-state index in [1.54, 1.807) is 16.0 Å². The Morgan fingerprint density at radius 3 is 2.75 bits per heavy atom. The van der Waals surface area contributed by atoms with Crippen molar-refractivity contribution in [2.24, 2.45) is 0 Å². The fourth-order valence-electron chi connectivity index (χ4n) is 1.95. The normalized spacial score (nSPS) is 10.7. The van der Waals surface area contributed by atoms with E-state index >= 15 is 0 Å². The van der Waals surface area contributed by atoms with Crippen LogP contribution in [-0.2, 0) is 6.54 Å². The second kappa shape index (κ2) is 5.38. The average Bonchev–Trinajstić information content (AvgIpc) is 3.09. The van der Waals surface area contributed by atoms with Crippen LogP contribution in [0.15, 0.2) is 35.7 Å². The number of para-hydroxylation sites is 1. The topological polar surface area (TPSA) is 59.7 Å². The third-order valence-electron chi connectivity index (χ3n) is 2.86. The minimum Gasteiger partial charge on any atom is -0.336 e. The van der Waals surface area contributed by atoms with Crippen LogP contribution in [0.1, 0.15) is 10.7 Å². The molecule has 0 fully saturated rings. The number of rotatable bonds is 4. The van der Waals surface area contributed by atoms with Crippen LogP contribution in [0.5, 0.6) is 0 Å². The second-order valence-electron chi connectivity index (χ2n) is 4.44. The number of benzene rings is 1. The number of aromatic nitrogens is 5. The molecular weight excluding hydrogens is 272 g/mol. The summed E-state index contributed by atoms with van der Waals surface area (Å²) >= 11 is 1.65. The predicted octanol–water partition coefficient (Wildman–Crippen LogP) is 2.06. The zero-order valence-electron chi connectivity index (χ0n) is 11.3. The van der Waals surface area contributed by atoms with Crippen LogP contribution in [-0.4, -0.2) is 32.2 Å². The van der Waals surface area contributed by atoms with Crippen molar-refractivity contribution in [1.29, 1.82) is 0 Å². The zero-order chi connectivity index (χ0) is 13.9. The number of nitrogens with zero attached hydrogens (tertiary/aromatic N) is 6. The molecule has 0 bridgehead atoms. The van der Waals surface area contributed by atoms with Crippen molar-refractivity contribution in [2.45, 2.75) is 13.5 Å². The van der Waals surface area contributed by atoms with Crippen molar-refractivity contribution in [2.75, 3.05) is 11.9 Å². The van der Waals surface area contributed by atoms with Gasteiger partial charge in [-0.15, -0.1) is 11.3 Å². The lowest BCUT2D eigenvalue weighted by atomic mass is 10.3. The Hall–Kier alpha value is -2.28. The van der Waals surface area contributed by atoms with Crippen LogP contribution in [0, 0.1) is 6.92 Å². The van der Waals surface area contributed by atoms with E-state index in [2.05, 4.69) is 25.9 Å². The van der Waals surface area contributed by atoms with Gasteiger partial charge in [-0.05, 0) is 29.5 Å². The molecule has 0 N–H and O–H groups in total. The molecule has 3 rings (SSSR count). The lowest BCUT2D eigenvalue weighted by molar-refractivity contribution is 0.768. The van der Waals surface area contributed by atoms with Crippen molar-refractivity contribution < 1.29 is 0 Å². The maximum Gasteiger partial charge on any atom is 0.250 e. The van der Waals surface area contributed by atoms with Crippen LogP contribution >= 0.6 is 11.3 Å². The van der Waals surface area contributed by atoms with Gasteiger partial charge in [0.2, 0.25) is 5.95 Å². The molecule has 1 aromatic carbocycles. The Labute approximate surface area is 120 Å². The molecule has 3 aromatic rings. The molecule has 0 saturated heterocycles. The van der Waals surface area contributed by atoms with Crippen molar-refractivity contribution >= 4 is 17.3 Å². The molecule has 7 heteroatoms. The first-order chi connectivity index (χ1) is 9.74. The molecular formula is C13H14N6S. The Morgan fingerprint density at radius 1 is 1.25 bits per heavy atom. The largest absolute Gasteiger partial charge is 0.336 e. The summed E-state index contributed by atoms with van der Waals surface area (Å²) in [4.78, 5) is 6.45. The highest BCUT2D eigenvalue weighted by molar-refractivity contribution is 7.09. The van der Waals surface area contributed by atoms with Gasteiger partial charge in [0, 0.05) is 12.4 Å². The monoisotopic (exact) mass is 286 g/mol. The van der Waals surface area contributed by atoms with Gasteiger partial charge in [-0.3, -0.25) is 0 Å². The van der Waals surface area contributed by atoms with E-state index in [4.69, 9.17) is 0 Å². The first-order valence-electron chi connectivity index (χ1n) is 6.20. The van der Waals surface area contributed by atoms with Crippen molar-refractivity contribution in [1.82, 2.24) is 25.2 Å². The maximum absolute atomic E-state index is 4.46. The molecule has 2 heterocycles. The molecule has 6 nitrogen and oxygen atoms in total. The van der Waals surface area contributed by atoms with Gasteiger partial charge in [0.05, 0.1) is 22.9 Å². The molecule has 20 heavy (non-hydrogen) atoms. The first-order valence-corrected chi connectivity index (χ1v) is 7.08. The number of tetrazole rings is 1. The molecule has 0 saturated carbocycles. The van der Waals surface area contributed by atoms with Gasteiger partial charge in [-0.25, -0.2) is 4.98 Å². The highest BCUT2D eigenvalue weighted by atomic mass is 32.1. The first kappa shape index (κ1) is 12.7. The zero-order valence-corrected chi connectivity index (χ0v) is 12.1. The summed E-state index contributed by atoms with van der Waals surface area (Å²) in [7, 11) is 1.96. The number of anilines is 1. The molecule has 0 amide bonds. The van der Waals surface area contributed by atoms with Crippen LogP contribution in [0.25, 0.3) is 5.69 Å². The van der Waals surface area contributed by atoms with Crippen LogP contribution in [0.3, 0.4) is 0 Å². The molecule has 0 spiro atoms. The molecule has 0 aliphatic rings. The molecule has 0 unspecified atom stereocenters. The Kier molecular flexibility index (Phi) is 3.42. The van der Waals surface area contributed by atoms with E-state index in [1.165, 1.54) is 0 Å². The number of hydrogen-bond donors (Lipinski definition) is 0. The minimum absolute atomic E-state index is 0.678. The minimum atomic E-state index is 0.678. The summed E-state index contributed by atoms with van der Waals surface area (Å²) in [6, 6.07) is 9.84. The third kappa shape index (κ3) is 2.53. The van der Waals surface area contributed by atoms with Crippen molar-refractivity contribution in [3.05, 3.63) is 46.4 Å². The van der Waals surface area contributed by atoms with E-state index in [0.29, 0.717) is 12.5 Å². The molecule has 0 aliphatic heterocycles. The third-order valence-corrected chi connectivity index (χ3v) is 3.68. The summed E-state index contributed by atoms with van der Waals surface area (Å²) < 4.78 is 1.72. The summed E-state index contributed by atoms with van der Waals surface area (Å²) in [5, 5.41) is 15.0. The summed E-state index contributed by atoms with van der Waals surface area (Å²) in [6.45, 7) is 2.68.